The van der Waals surface area contributed by atoms with Crippen LogP contribution in [0.3, 0.4) is 0 Å². The molecule has 112 valence electrons. The van der Waals surface area contributed by atoms with Gasteiger partial charge < -0.3 is 10.5 Å². The Hall–Kier alpha value is -1.92. The van der Waals surface area contributed by atoms with Gasteiger partial charge in [0.1, 0.15) is 10.6 Å². The van der Waals surface area contributed by atoms with E-state index in [1.807, 2.05) is 26.0 Å². The van der Waals surface area contributed by atoms with Crippen LogP contribution < -0.4 is 10.5 Å². The van der Waals surface area contributed by atoms with Gasteiger partial charge in [-0.15, -0.1) is 0 Å². The van der Waals surface area contributed by atoms with Crippen LogP contribution in [0.25, 0.3) is 0 Å². The van der Waals surface area contributed by atoms with Crippen molar-refractivity contribution in [3.05, 3.63) is 47.2 Å². The van der Waals surface area contributed by atoms with Gasteiger partial charge in [-0.1, -0.05) is 12.1 Å². The largest absolute Gasteiger partial charge is 0.437 e. The number of hydrogen-bond donors (Lipinski definition) is 1. The molecule has 1 aromatic carbocycles. The van der Waals surface area contributed by atoms with Gasteiger partial charge in [-0.3, -0.25) is 0 Å². The van der Waals surface area contributed by atoms with Crippen molar-refractivity contribution in [3.63, 3.8) is 0 Å². The lowest BCUT2D eigenvalue weighted by atomic mass is 10.1. The number of sulfone groups is 1. The van der Waals surface area contributed by atoms with E-state index in [1.165, 1.54) is 12.3 Å². The molecule has 0 atom stereocenters. The summed E-state index contributed by atoms with van der Waals surface area (Å²) in [6.45, 7) is 4.23. The number of nitrogens with zero attached hydrogens (tertiary/aromatic N) is 1. The Bertz CT molecular complexity index is 747. The monoisotopic (exact) mass is 306 g/mol. The topological polar surface area (TPSA) is 82.3 Å². The fourth-order valence-electron chi connectivity index (χ4n) is 2.15. The molecule has 2 aromatic rings. The van der Waals surface area contributed by atoms with E-state index in [4.69, 9.17) is 10.5 Å². The van der Waals surface area contributed by atoms with Gasteiger partial charge in [-0.2, -0.15) is 0 Å². The Labute approximate surface area is 124 Å². The highest BCUT2D eigenvalue weighted by Gasteiger charge is 2.17. The zero-order chi connectivity index (χ0) is 15.6. The van der Waals surface area contributed by atoms with E-state index < -0.39 is 9.84 Å². The molecule has 0 fully saturated rings. The highest BCUT2D eigenvalue weighted by molar-refractivity contribution is 7.90. The molecule has 0 aliphatic rings. The normalized spacial score (nSPS) is 11.4. The number of aryl methyl sites for hydroxylation is 2. The van der Waals surface area contributed by atoms with Crippen LogP contribution in [0.5, 0.6) is 11.6 Å². The minimum Gasteiger partial charge on any atom is -0.437 e. The Balaban J connectivity index is 2.49. The number of ether oxygens (including phenoxy) is 1. The van der Waals surface area contributed by atoms with Crippen LogP contribution in [0.15, 0.2) is 35.4 Å². The van der Waals surface area contributed by atoms with E-state index in [0.717, 1.165) is 22.9 Å². The molecule has 2 rings (SSSR count). The minimum absolute atomic E-state index is 0.0756. The summed E-state index contributed by atoms with van der Waals surface area (Å²) < 4.78 is 29.3. The highest BCUT2D eigenvalue weighted by atomic mass is 32.2. The third-order valence-electron chi connectivity index (χ3n) is 3.09. The molecule has 0 saturated heterocycles. The van der Waals surface area contributed by atoms with Gasteiger partial charge >= 0.3 is 0 Å². The van der Waals surface area contributed by atoms with Gasteiger partial charge in [-0.05, 0) is 42.7 Å². The summed E-state index contributed by atoms with van der Waals surface area (Å²) in [4.78, 5) is 4.11. The molecule has 2 N–H and O–H groups in total. The summed E-state index contributed by atoms with van der Waals surface area (Å²) in [5, 5.41) is 0. The zero-order valence-electron chi connectivity index (χ0n) is 12.3. The van der Waals surface area contributed by atoms with Gasteiger partial charge in [0.25, 0.3) is 0 Å². The molecular formula is C15H18N2O3S. The molecule has 6 heteroatoms. The molecule has 0 aliphatic carbocycles. The summed E-state index contributed by atoms with van der Waals surface area (Å²) >= 11 is 0. The second-order valence-electron chi connectivity index (χ2n) is 4.94. The first kappa shape index (κ1) is 15.5. The van der Waals surface area contributed by atoms with Crippen molar-refractivity contribution in [1.82, 2.24) is 4.98 Å². The predicted molar refractivity (Wildman–Crippen MR) is 81.2 cm³/mol. The van der Waals surface area contributed by atoms with E-state index in [-0.39, 0.29) is 10.8 Å². The van der Waals surface area contributed by atoms with Gasteiger partial charge in [0.2, 0.25) is 5.88 Å². The van der Waals surface area contributed by atoms with Crippen molar-refractivity contribution in [1.29, 1.82) is 0 Å². The molecule has 0 amide bonds. The Morgan fingerprint density at radius 1 is 1.24 bits per heavy atom. The van der Waals surface area contributed by atoms with Crippen LogP contribution in [0.2, 0.25) is 0 Å². The van der Waals surface area contributed by atoms with Crippen LogP contribution in [-0.4, -0.2) is 19.7 Å². The van der Waals surface area contributed by atoms with Gasteiger partial charge in [0.15, 0.2) is 9.84 Å². The maximum Gasteiger partial charge on any atom is 0.238 e. The molecule has 0 bridgehead atoms. The number of aromatic nitrogens is 1. The lowest BCUT2D eigenvalue weighted by molar-refractivity contribution is 0.441. The fourth-order valence-corrected chi connectivity index (χ4v) is 2.89. The fraction of sp³-hybridized carbons (Fsp3) is 0.267. The summed E-state index contributed by atoms with van der Waals surface area (Å²) in [7, 11) is -3.40. The molecule has 21 heavy (non-hydrogen) atoms. The first-order valence-electron chi connectivity index (χ1n) is 6.46. The predicted octanol–water partition coefficient (Wildman–Crippen LogP) is 2.35. The number of rotatable bonds is 4. The average molecular weight is 306 g/mol. The van der Waals surface area contributed by atoms with Crippen LogP contribution >= 0.6 is 0 Å². The SMILES string of the molecule is Cc1cc(CN)cc(C)c1Oc1ncccc1S(C)(=O)=O. The van der Waals surface area contributed by atoms with E-state index in [0.29, 0.717) is 12.3 Å². The van der Waals surface area contributed by atoms with Crippen molar-refractivity contribution in [2.75, 3.05) is 6.26 Å². The Morgan fingerprint density at radius 3 is 2.38 bits per heavy atom. The summed E-state index contributed by atoms with van der Waals surface area (Å²) in [6.07, 6.45) is 2.64. The maximum absolute atomic E-state index is 11.8. The lowest BCUT2D eigenvalue weighted by Gasteiger charge is -2.14. The molecule has 0 spiro atoms. The smallest absolute Gasteiger partial charge is 0.238 e. The van der Waals surface area contributed by atoms with E-state index >= 15 is 0 Å². The van der Waals surface area contributed by atoms with Crippen molar-refractivity contribution in [2.45, 2.75) is 25.3 Å². The molecule has 5 nitrogen and oxygen atoms in total. The van der Waals surface area contributed by atoms with Crippen LogP contribution in [0, 0.1) is 13.8 Å². The first-order chi connectivity index (χ1) is 9.82. The van der Waals surface area contributed by atoms with Crippen molar-refractivity contribution in [3.8, 4) is 11.6 Å². The van der Waals surface area contributed by atoms with Gasteiger partial charge in [0.05, 0.1) is 0 Å². The van der Waals surface area contributed by atoms with Crippen LogP contribution in [-0.2, 0) is 16.4 Å². The Kier molecular flexibility index (Phi) is 4.29. The molecule has 0 saturated carbocycles. The minimum atomic E-state index is -3.40. The molecular weight excluding hydrogens is 288 g/mol. The molecule has 0 radical (unpaired) electrons. The standard InChI is InChI=1S/C15H18N2O3S/c1-10-7-12(9-16)8-11(2)14(10)20-15-13(21(3,18)19)5-4-6-17-15/h4-8H,9,16H2,1-3H3. The van der Waals surface area contributed by atoms with Crippen LogP contribution in [0.1, 0.15) is 16.7 Å². The molecule has 1 aromatic heterocycles. The first-order valence-corrected chi connectivity index (χ1v) is 8.35. The van der Waals surface area contributed by atoms with Crippen molar-refractivity contribution < 1.29 is 13.2 Å². The molecule has 0 aliphatic heterocycles. The lowest BCUT2D eigenvalue weighted by Crippen LogP contribution is -2.04. The second kappa shape index (κ2) is 5.83. The Morgan fingerprint density at radius 2 is 1.86 bits per heavy atom. The summed E-state index contributed by atoms with van der Waals surface area (Å²) in [6, 6.07) is 6.90. The third-order valence-corrected chi connectivity index (χ3v) is 4.20. The number of benzene rings is 1. The van der Waals surface area contributed by atoms with Crippen LogP contribution in [0.4, 0.5) is 0 Å². The summed E-state index contributed by atoms with van der Waals surface area (Å²) in [5.41, 5.74) is 8.42. The number of nitrogens with two attached hydrogens (primary N) is 1. The quantitative estimate of drug-likeness (QED) is 0.937. The van der Waals surface area contributed by atoms with Crippen molar-refractivity contribution >= 4 is 9.84 Å². The maximum atomic E-state index is 11.8. The third kappa shape index (κ3) is 3.40. The van der Waals surface area contributed by atoms with E-state index in [9.17, 15) is 8.42 Å². The van der Waals surface area contributed by atoms with Gasteiger partial charge in [0, 0.05) is 19.0 Å². The molecule has 1 heterocycles. The van der Waals surface area contributed by atoms with E-state index in [1.54, 1.807) is 6.07 Å². The number of pyridine rings is 1. The second-order valence-corrected chi connectivity index (χ2v) is 6.93. The zero-order valence-corrected chi connectivity index (χ0v) is 13.1. The van der Waals surface area contributed by atoms with Gasteiger partial charge in [-0.25, -0.2) is 13.4 Å². The summed E-state index contributed by atoms with van der Waals surface area (Å²) in [5.74, 6) is 0.697. The molecule has 0 unspecified atom stereocenters. The average Bonchev–Trinajstić information content (AvgIpc) is 2.42. The van der Waals surface area contributed by atoms with E-state index in [2.05, 4.69) is 4.98 Å². The van der Waals surface area contributed by atoms with Crippen molar-refractivity contribution in [2.24, 2.45) is 5.73 Å². The highest BCUT2D eigenvalue weighted by Crippen LogP contribution is 2.32. The number of hydrogen-bond acceptors (Lipinski definition) is 5.